The Morgan fingerprint density at radius 2 is 2.20 bits per heavy atom. The molecule has 6 heteroatoms. The number of amides is 1. The fourth-order valence-corrected chi connectivity index (χ4v) is 1.74. The first kappa shape index (κ1) is 16.4. The molecule has 1 rings (SSSR count). The largest absolute Gasteiger partial charge is 0.477 e. The predicted molar refractivity (Wildman–Crippen MR) is 79.9 cm³/mol. The molecule has 110 valence electrons. The molecule has 1 atom stereocenters. The summed E-state index contributed by atoms with van der Waals surface area (Å²) >= 11 is 0. The van der Waals surface area contributed by atoms with E-state index in [-0.39, 0.29) is 5.69 Å². The highest BCUT2D eigenvalue weighted by atomic mass is 32.2. The first-order chi connectivity index (χ1) is 9.34. The highest BCUT2D eigenvalue weighted by Crippen LogP contribution is 2.11. The Morgan fingerprint density at radius 3 is 2.80 bits per heavy atom. The number of carbonyl (C=O) groups excluding carboxylic acids is 1. The van der Waals surface area contributed by atoms with E-state index >= 15 is 0 Å². The second kappa shape index (κ2) is 7.19. The second-order valence-corrected chi connectivity index (χ2v) is 7.07. The van der Waals surface area contributed by atoms with Crippen molar-refractivity contribution in [2.45, 2.75) is 31.9 Å². The third-order valence-electron chi connectivity index (χ3n) is 2.27. The van der Waals surface area contributed by atoms with Crippen molar-refractivity contribution in [2.24, 2.45) is 0 Å². The van der Waals surface area contributed by atoms with Crippen LogP contribution in [-0.4, -0.2) is 26.5 Å². The van der Waals surface area contributed by atoms with Crippen LogP contribution in [0.15, 0.2) is 30.9 Å². The molecule has 0 aliphatic heterocycles. The van der Waals surface area contributed by atoms with Gasteiger partial charge < -0.3 is 4.74 Å². The lowest BCUT2D eigenvalue weighted by Crippen LogP contribution is -2.37. The highest BCUT2D eigenvalue weighted by Gasteiger charge is 2.22. The van der Waals surface area contributed by atoms with E-state index < -0.39 is 21.6 Å². The van der Waals surface area contributed by atoms with Crippen molar-refractivity contribution in [1.82, 2.24) is 9.71 Å². The Morgan fingerprint density at radius 1 is 1.50 bits per heavy atom. The molecule has 1 heterocycles. The fourth-order valence-electron chi connectivity index (χ4n) is 1.16. The summed E-state index contributed by atoms with van der Waals surface area (Å²) in [5.74, 6) is -0.117. The van der Waals surface area contributed by atoms with Gasteiger partial charge in [0.25, 0.3) is 5.91 Å². The maximum atomic E-state index is 11.9. The molecule has 0 aliphatic carbocycles. The molecule has 5 nitrogen and oxygen atoms in total. The van der Waals surface area contributed by atoms with Crippen LogP contribution in [0.2, 0.25) is 0 Å². The lowest BCUT2D eigenvalue weighted by Gasteiger charge is -2.17. The summed E-state index contributed by atoms with van der Waals surface area (Å²) in [5, 5.41) is 0. The van der Waals surface area contributed by atoms with E-state index in [1.807, 2.05) is 0 Å². The fraction of sp³-hybridized carbons (Fsp3) is 0.429. The van der Waals surface area contributed by atoms with E-state index in [1.165, 1.54) is 0 Å². The van der Waals surface area contributed by atoms with E-state index in [2.05, 4.69) is 16.3 Å². The van der Waals surface area contributed by atoms with Crippen molar-refractivity contribution >= 4 is 16.9 Å². The van der Waals surface area contributed by atoms with Crippen LogP contribution in [0.5, 0.6) is 5.88 Å². The maximum Gasteiger partial charge on any atom is 0.281 e. The van der Waals surface area contributed by atoms with Crippen LogP contribution in [0.4, 0.5) is 0 Å². The minimum absolute atomic E-state index is 0.179. The zero-order chi connectivity index (χ0) is 15.2. The molecule has 0 saturated heterocycles. The Bertz CT molecular complexity index is 509. The number of hydrogen-bond donors (Lipinski definition) is 1. The smallest absolute Gasteiger partial charge is 0.281 e. The Hall–Kier alpha value is -1.69. The number of hydrogen-bond acceptors (Lipinski definition) is 4. The van der Waals surface area contributed by atoms with Crippen molar-refractivity contribution in [3.8, 4) is 5.88 Å². The molecule has 0 spiro atoms. The lowest BCUT2D eigenvalue weighted by molar-refractivity contribution is 0.0976. The van der Waals surface area contributed by atoms with Crippen LogP contribution in [0.3, 0.4) is 0 Å². The van der Waals surface area contributed by atoms with E-state index in [4.69, 9.17) is 4.74 Å². The number of nitrogens with one attached hydrogen (secondary N) is 1. The molecule has 0 bridgehead atoms. The summed E-state index contributed by atoms with van der Waals surface area (Å²) in [6.07, 6.45) is 2.44. The standard InChI is InChI=1S/C14H20N2O3S/c1-5-6-10-19-12-9-7-8-11(15-12)13(17)16-20(18)14(2,3)4/h5,7-9H,1,6,10H2,2-4H3,(H,16,17)/t20-/m1/s1. The molecule has 0 aliphatic rings. The van der Waals surface area contributed by atoms with Crippen LogP contribution in [-0.2, 0) is 11.0 Å². The quantitative estimate of drug-likeness (QED) is 0.645. The first-order valence-corrected chi connectivity index (χ1v) is 7.43. The normalized spacial score (nSPS) is 12.6. The molecule has 1 N–H and O–H groups in total. The summed E-state index contributed by atoms with van der Waals surface area (Å²) in [6, 6.07) is 4.89. The molecule has 0 saturated carbocycles. The number of carbonyl (C=O) groups is 1. The van der Waals surface area contributed by atoms with Gasteiger partial charge in [0, 0.05) is 6.07 Å². The predicted octanol–water partition coefficient (Wildman–Crippen LogP) is 2.23. The van der Waals surface area contributed by atoms with Gasteiger partial charge in [0.1, 0.15) is 16.7 Å². The molecule has 0 aromatic carbocycles. The van der Waals surface area contributed by atoms with Crippen LogP contribution in [0.25, 0.3) is 0 Å². The topological polar surface area (TPSA) is 68.3 Å². The van der Waals surface area contributed by atoms with E-state index in [0.717, 1.165) is 0 Å². The van der Waals surface area contributed by atoms with Crippen molar-refractivity contribution in [3.05, 3.63) is 36.5 Å². The Balaban J connectivity index is 2.71. The summed E-state index contributed by atoms with van der Waals surface area (Å²) in [4.78, 5) is 16.0. The maximum absolute atomic E-state index is 11.9. The number of rotatable bonds is 6. The molecule has 0 radical (unpaired) electrons. The molecule has 0 unspecified atom stereocenters. The van der Waals surface area contributed by atoms with Crippen LogP contribution in [0.1, 0.15) is 37.7 Å². The number of aromatic nitrogens is 1. The number of pyridine rings is 1. The Kier molecular flexibility index (Phi) is 5.88. The number of nitrogens with zero attached hydrogens (tertiary/aromatic N) is 1. The van der Waals surface area contributed by atoms with Crippen LogP contribution >= 0.6 is 0 Å². The van der Waals surface area contributed by atoms with E-state index in [1.54, 1.807) is 45.0 Å². The number of ether oxygens (including phenoxy) is 1. The zero-order valence-electron chi connectivity index (χ0n) is 12.0. The zero-order valence-corrected chi connectivity index (χ0v) is 12.8. The van der Waals surface area contributed by atoms with Gasteiger partial charge in [-0.05, 0) is 33.3 Å². The minimum atomic E-state index is -1.47. The molecule has 1 aromatic heterocycles. The van der Waals surface area contributed by atoms with Gasteiger partial charge in [-0.1, -0.05) is 12.1 Å². The highest BCUT2D eigenvalue weighted by molar-refractivity contribution is 7.85. The average molecular weight is 296 g/mol. The molecular formula is C14H20N2O3S. The van der Waals surface area contributed by atoms with Gasteiger partial charge in [0.15, 0.2) is 0 Å². The summed E-state index contributed by atoms with van der Waals surface area (Å²) in [5.41, 5.74) is 0.179. The molecular weight excluding hydrogens is 276 g/mol. The van der Waals surface area contributed by atoms with Gasteiger partial charge in [-0.3, -0.25) is 9.52 Å². The van der Waals surface area contributed by atoms with Gasteiger partial charge in [-0.25, -0.2) is 9.19 Å². The summed E-state index contributed by atoms with van der Waals surface area (Å²) in [6.45, 7) is 9.40. The van der Waals surface area contributed by atoms with Crippen molar-refractivity contribution in [2.75, 3.05) is 6.61 Å². The molecule has 0 fully saturated rings. The summed E-state index contributed by atoms with van der Waals surface area (Å²) in [7, 11) is -1.47. The molecule has 20 heavy (non-hydrogen) atoms. The minimum Gasteiger partial charge on any atom is -0.477 e. The van der Waals surface area contributed by atoms with Crippen LogP contribution in [0, 0.1) is 0 Å². The van der Waals surface area contributed by atoms with Gasteiger partial charge in [0.05, 0.1) is 11.4 Å². The summed E-state index contributed by atoms with van der Waals surface area (Å²) < 4.78 is 19.1. The SMILES string of the molecule is C=CCCOc1cccc(C(=O)N[S@](=O)C(C)(C)C)n1. The van der Waals surface area contributed by atoms with Gasteiger partial charge in [0.2, 0.25) is 5.88 Å². The molecule has 1 amide bonds. The molecule has 1 aromatic rings. The van der Waals surface area contributed by atoms with Gasteiger partial charge >= 0.3 is 0 Å². The first-order valence-electron chi connectivity index (χ1n) is 6.28. The third kappa shape index (κ3) is 5.13. The third-order valence-corrected chi connectivity index (χ3v) is 3.75. The van der Waals surface area contributed by atoms with Gasteiger partial charge in [-0.2, -0.15) is 0 Å². The monoisotopic (exact) mass is 296 g/mol. The Labute approximate surface area is 122 Å². The van der Waals surface area contributed by atoms with Crippen molar-refractivity contribution in [3.63, 3.8) is 0 Å². The van der Waals surface area contributed by atoms with Crippen molar-refractivity contribution < 1.29 is 13.7 Å². The van der Waals surface area contributed by atoms with E-state index in [9.17, 15) is 9.00 Å². The average Bonchev–Trinajstić information content (AvgIpc) is 2.38. The van der Waals surface area contributed by atoms with Gasteiger partial charge in [-0.15, -0.1) is 6.58 Å². The lowest BCUT2D eigenvalue weighted by atomic mass is 10.3. The van der Waals surface area contributed by atoms with Crippen LogP contribution < -0.4 is 9.46 Å². The van der Waals surface area contributed by atoms with Crippen molar-refractivity contribution in [1.29, 1.82) is 0 Å². The second-order valence-electron chi connectivity index (χ2n) is 5.10. The van der Waals surface area contributed by atoms with E-state index in [0.29, 0.717) is 18.9 Å².